The summed E-state index contributed by atoms with van der Waals surface area (Å²) in [6.07, 6.45) is 2.80. The third-order valence-corrected chi connectivity index (χ3v) is 2.99. The first-order valence-electron chi connectivity index (χ1n) is 4.00. The molecule has 4 heteroatoms. The van der Waals surface area contributed by atoms with Gasteiger partial charge in [0.1, 0.15) is 0 Å². The van der Waals surface area contributed by atoms with Crippen LogP contribution in [0, 0.1) is 11.8 Å². The molecule has 0 radical (unpaired) electrons. The van der Waals surface area contributed by atoms with E-state index in [4.69, 9.17) is 23.2 Å². The van der Waals surface area contributed by atoms with Crippen molar-refractivity contribution in [3.05, 3.63) is 0 Å². The van der Waals surface area contributed by atoms with Crippen molar-refractivity contribution in [2.45, 2.75) is 25.7 Å². The second kappa shape index (κ2) is 4.24. The van der Waals surface area contributed by atoms with E-state index in [0.29, 0.717) is 25.7 Å². The van der Waals surface area contributed by atoms with Crippen LogP contribution >= 0.6 is 23.2 Å². The Morgan fingerprint density at radius 2 is 1.08 bits per heavy atom. The fourth-order valence-corrected chi connectivity index (χ4v) is 1.98. The van der Waals surface area contributed by atoms with Gasteiger partial charge in [0.2, 0.25) is 10.5 Å². The predicted octanol–water partition coefficient (Wildman–Crippen LogP) is 2.32. The molecule has 1 aliphatic rings. The van der Waals surface area contributed by atoms with Crippen LogP contribution in [0.15, 0.2) is 0 Å². The van der Waals surface area contributed by atoms with Gasteiger partial charge in [-0.05, 0) is 48.9 Å². The van der Waals surface area contributed by atoms with Crippen LogP contribution in [0.5, 0.6) is 0 Å². The molecule has 0 N–H and O–H groups in total. The molecule has 0 bridgehead atoms. The molecule has 12 heavy (non-hydrogen) atoms. The molecule has 1 fully saturated rings. The van der Waals surface area contributed by atoms with Gasteiger partial charge in [0.05, 0.1) is 0 Å². The van der Waals surface area contributed by atoms with Crippen molar-refractivity contribution in [1.29, 1.82) is 0 Å². The largest absolute Gasteiger partial charge is 0.281 e. The monoisotopic (exact) mass is 208 g/mol. The molecular weight excluding hydrogens is 199 g/mol. The second-order valence-electron chi connectivity index (χ2n) is 3.16. The first kappa shape index (κ1) is 10.0. The lowest BCUT2D eigenvalue weighted by molar-refractivity contribution is -0.120. The van der Waals surface area contributed by atoms with Crippen LogP contribution in [0.3, 0.4) is 0 Å². The molecule has 0 atom stereocenters. The van der Waals surface area contributed by atoms with Gasteiger partial charge in [-0.1, -0.05) is 0 Å². The summed E-state index contributed by atoms with van der Waals surface area (Å²) in [7, 11) is 0. The summed E-state index contributed by atoms with van der Waals surface area (Å²) in [5.74, 6) is -0.113. The highest BCUT2D eigenvalue weighted by Gasteiger charge is 2.27. The zero-order chi connectivity index (χ0) is 9.14. The minimum Gasteiger partial charge on any atom is -0.281 e. The smallest absolute Gasteiger partial charge is 0.224 e. The molecule has 0 saturated heterocycles. The number of hydrogen-bond acceptors (Lipinski definition) is 2. The molecule has 0 aliphatic heterocycles. The van der Waals surface area contributed by atoms with Crippen molar-refractivity contribution in [3.8, 4) is 0 Å². The van der Waals surface area contributed by atoms with E-state index in [1.807, 2.05) is 0 Å². The van der Waals surface area contributed by atoms with Gasteiger partial charge < -0.3 is 0 Å². The van der Waals surface area contributed by atoms with Gasteiger partial charge in [0.25, 0.3) is 0 Å². The van der Waals surface area contributed by atoms with Crippen molar-refractivity contribution >= 4 is 33.7 Å². The van der Waals surface area contributed by atoms with Gasteiger partial charge in [-0.15, -0.1) is 0 Å². The lowest BCUT2D eigenvalue weighted by Gasteiger charge is -2.23. The lowest BCUT2D eigenvalue weighted by atomic mass is 9.83. The molecule has 0 spiro atoms. The quantitative estimate of drug-likeness (QED) is 0.654. The van der Waals surface area contributed by atoms with E-state index in [0.717, 1.165) is 0 Å². The fraction of sp³-hybridized carbons (Fsp3) is 0.750. The Balaban J connectivity index is 2.39. The molecule has 0 unspecified atom stereocenters. The van der Waals surface area contributed by atoms with Gasteiger partial charge in [-0.2, -0.15) is 0 Å². The summed E-state index contributed by atoms with van der Waals surface area (Å²) in [4.78, 5) is 21.4. The number of carbonyl (C=O) groups excluding carboxylic acids is 2. The van der Waals surface area contributed by atoms with E-state index in [1.54, 1.807) is 0 Å². The van der Waals surface area contributed by atoms with E-state index in [-0.39, 0.29) is 22.3 Å². The number of rotatable bonds is 2. The average molecular weight is 209 g/mol. The molecule has 1 aliphatic carbocycles. The maximum absolute atomic E-state index is 10.7. The van der Waals surface area contributed by atoms with Gasteiger partial charge in [0, 0.05) is 11.8 Å². The second-order valence-corrected chi connectivity index (χ2v) is 3.90. The maximum Gasteiger partial charge on any atom is 0.224 e. The SMILES string of the molecule is O=C(Cl)C1CCC(C(=O)Cl)CC1. The summed E-state index contributed by atoms with van der Waals surface area (Å²) in [5, 5.41) is -0.564. The third-order valence-electron chi connectivity index (χ3n) is 2.37. The Hall–Kier alpha value is -0.0800. The molecular formula is C8H10Cl2O2. The van der Waals surface area contributed by atoms with Crippen LogP contribution < -0.4 is 0 Å². The van der Waals surface area contributed by atoms with Gasteiger partial charge in [-0.25, -0.2) is 0 Å². The third kappa shape index (κ3) is 2.46. The van der Waals surface area contributed by atoms with Gasteiger partial charge in [0.15, 0.2) is 0 Å². The van der Waals surface area contributed by atoms with E-state index in [1.165, 1.54) is 0 Å². The van der Waals surface area contributed by atoms with E-state index >= 15 is 0 Å². The van der Waals surface area contributed by atoms with Gasteiger partial charge in [-0.3, -0.25) is 9.59 Å². The van der Waals surface area contributed by atoms with Crippen LogP contribution in [0.25, 0.3) is 0 Å². The van der Waals surface area contributed by atoms with Gasteiger partial charge >= 0.3 is 0 Å². The normalized spacial score (nSPS) is 29.8. The van der Waals surface area contributed by atoms with E-state index in [2.05, 4.69) is 0 Å². The highest BCUT2D eigenvalue weighted by molar-refractivity contribution is 6.64. The average Bonchev–Trinajstić information content (AvgIpc) is 2.04. The Bertz CT molecular complexity index is 173. The highest BCUT2D eigenvalue weighted by atomic mass is 35.5. The van der Waals surface area contributed by atoms with Crippen LogP contribution in [0.2, 0.25) is 0 Å². The first-order chi connectivity index (χ1) is 5.61. The summed E-state index contributed by atoms with van der Waals surface area (Å²) in [5.41, 5.74) is 0. The van der Waals surface area contributed by atoms with E-state index in [9.17, 15) is 9.59 Å². The highest BCUT2D eigenvalue weighted by Crippen LogP contribution is 2.31. The zero-order valence-electron chi connectivity index (χ0n) is 6.56. The van der Waals surface area contributed by atoms with Crippen molar-refractivity contribution in [2.75, 3.05) is 0 Å². The van der Waals surface area contributed by atoms with Crippen LogP contribution in [0.4, 0.5) is 0 Å². The molecule has 68 valence electrons. The summed E-state index contributed by atoms with van der Waals surface area (Å²) in [6, 6.07) is 0. The van der Waals surface area contributed by atoms with Crippen LogP contribution in [0.1, 0.15) is 25.7 Å². The van der Waals surface area contributed by atoms with Crippen LogP contribution in [-0.2, 0) is 9.59 Å². The summed E-state index contributed by atoms with van der Waals surface area (Å²) >= 11 is 10.7. The lowest BCUT2D eigenvalue weighted by Crippen LogP contribution is -2.21. The number of hydrogen-bond donors (Lipinski definition) is 0. The Kier molecular flexibility index (Phi) is 3.53. The Labute approximate surface area is 81.2 Å². The Morgan fingerprint density at radius 3 is 1.25 bits per heavy atom. The number of carbonyl (C=O) groups is 2. The molecule has 0 aromatic carbocycles. The van der Waals surface area contributed by atoms with Crippen molar-refractivity contribution in [1.82, 2.24) is 0 Å². The molecule has 0 heterocycles. The first-order valence-corrected chi connectivity index (χ1v) is 4.75. The summed E-state index contributed by atoms with van der Waals surface area (Å²) < 4.78 is 0. The van der Waals surface area contributed by atoms with Crippen molar-refractivity contribution in [3.63, 3.8) is 0 Å². The predicted molar refractivity (Wildman–Crippen MR) is 47.2 cm³/mol. The van der Waals surface area contributed by atoms with Crippen molar-refractivity contribution in [2.24, 2.45) is 11.8 Å². The molecule has 1 rings (SSSR count). The maximum atomic E-state index is 10.7. The molecule has 0 amide bonds. The summed E-state index contributed by atoms with van der Waals surface area (Å²) in [6.45, 7) is 0. The topological polar surface area (TPSA) is 34.1 Å². The minimum absolute atomic E-state index is 0.0565. The Morgan fingerprint density at radius 1 is 0.833 bits per heavy atom. The zero-order valence-corrected chi connectivity index (χ0v) is 8.07. The minimum atomic E-state index is -0.282. The standard InChI is InChI=1S/C8H10Cl2O2/c9-7(11)5-1-2-6(4-3-5)8(10)12/h5-6H,1-4H2. The number of halogens is 2. The van der Waals surface area contributed by atoms with Crippen LogP contribution in [-0.4, -0.2) is 10.5 Å². The fourth-order valence-electron chi connectivity index (χ4n) is 1.55. The van der Waals surface area contributed by atoms with Crippen molar-refractivity contribution < 1.29 is 9.59 Å². The molecule has 0 aromatic rings. The van der Waals surface area contributed by atoms with E-state index < -0.39 is 0 Å². The molecule has 0 aromatic heterocycles. The molecule has 1 saturated carbocycles. The molecule has 2 nitrogen and oxygen atoms in total.